The fourth-order valence-corrected chi connectivity index (χ4v) is 1.78. The summed E-state index contributed by atoms with van der Waals surface area (Å²) in [5, 5.41) is 10.5. The predicted octanol–water partition coefficient (Wildman–Crippen LogP) is -1.05. The van der Waals surface area contributed by atoms with Crippen molar-refractivity contribution in [1.82, 2.24) is 25.2 Å². The van der Waals surface area contributed by atoms with E-state index in [0.29, 0.717) is 18.8 Å². The largest absolute Gasteiger partial charge is 0.353 e. The molecule has 0 bridgehead atoms. The van der Waals surface area contributed by atoms with E-state index in [9.17, 15) is 4.79 Å². The number of hydrogen-bond acceptors (Lipinski definition) is 5. The number of nitrogens with zero attached hydrogens (tertiary/aromatic N) is 4. The Morgan fingerprint density at radius 2 is 2.44 bits per heavy atom. The second-order valence-corrected chi connectivity index (χ2v) is 4.67. The van der Waals surface area contributed by atoms with Crippen LogP contribution in [0.1, 0.15) is 18.5 Å². The first-order chi connectivity index (χ1) is 8.69. The van der Waals surface area contributed by atoms with Gasteiger partial charge in [0, 0.05) is 25.7 Å². The first-order valence-electron chi connectivity index (χ1n) is 6.25. The van der Waals surface area contributed by atoms with Gasteiger partial charge >= 0.3 is 0 Å². The minimum Gasteiger partial charge on any atom is -0.353 e. The van der Waals surface area contributed by atoms with Crippen molar-refractivity contribution < 1.29 is 4.79 Å². The highest BCUT2D eigenvalue weighted by Gasteiger charge is 2.25. The molecular weight excluding hydrogens is 232 g/mol. The third-order valence-electron chi connectivity index (χ3n) is 3.06. The standard InChI is InChI=1S/C11H20N6O/c1-16(10-2-3-10)5-4-13-11(18)8-17-7-9(6-12)14-15-17/h7,10H,2-6,8,12H2,1H3,(H,13,18). The van der Waals surface area contributed by atoms with Crippen molar-refractivity contribution in [3.8, 4) is 0 Å². The molecule has 0 unspecified atom stereocenters. The molecule has 7 nitrogen and oxygen atoms in total. The third-order valence-corrected chi connectivity index (χ3v) is 3.06. The molecule has 0 spiro atoms. The fraction of sp³-hybridized carbons (Fsp3) is 0.727. The second-order valence-electron chi connectivity index (χ2n) is 4.67. The van der Waals surface area contributed by atoms with E-state index in [1.54, 1.807) is 6.20 Å². The zero-order valence-corrected chi connectivity index (χ0v) is 10.7. The van der Waals surface area contributed by atoms with Crippen LogP contribution < -0.4 is 11.1 Å². The number of likely N-dealkylation sites (N-methyl/N-ethyl adjacent to an activating group) is 1. The molecule has 1 aromatic rings. The molecule has 0 saturated heterocycles. The molecule has 0 aromatic carbocycles. The summed E-state index contributed by atoms with van der Waals surface area (Å²) >= 11 is 0. The second kappa shape index (κ2) is 5.92. The lowest BCUT2D eigenvalue weighted by molar-refractivity contribution is -0.121. The highest BCUT2D eigenvalue weighted by Crippen LogP contribution is 2.24. The SMILES string of the molecule is CN(CCNC(=O)Cn1cc(CN)nn1)C1CC1. The van der Waals surface area contributed by atoms with E-state index in [-0.39, 0.29) is 12.5 Å². The van der Waals surface area contributed by atoms with Gasteiger partial charge in [-0.1, -0.05) is 5.21 Å². The molecule has 1 aliphatic carbocycles. The van der Waals surface area contributed by atoms with Gasteiger partial charge < -0.3 is 16.0 Å². The van der Waals surface area contributed by atoms with Gasteiger partial charge in [-0.05, 0) is 19.9 Å². The molecule has 1 saturated carbocycles. The van der Waals surface area contributed by atoms with E-state index in [1.165, 1.54) is 17.5 Å². The van der Waals surface area contributed by atoms with E-state index in [4.69, 9.17) is 5.73 Å². The van der Waals surface area contributed by atoms with Crippen molar-refractivity contribution in [2.24, 2.45) is 5.73 Å². The molecule has 7 heteroatoms. The Morgan fingerprint density at radius 3 is 3.06 bits per heavy atom. The van der Waals surface area contributed by atoms with Crippen molar-refractivity contribution in [1.29, 1.82) is 0 Å². The summed E-state index contributed by atoms with van der Waals surface area (Å²) in [5.41, 5.74) is 6.11. The molecule has 1 heterocycles. The molecule has 1 fully saturated rings. The summed E-state index contributed by atoms with van der Waals surface area (Å²) in [7, 11) is 2.09. The molecule has 1 aliphatic rings. The average Bonchev–Trinajstić information content (AvgIpc) is 3.10. The molecule has 0 atom stereocenters. The summed E-state index contributed by atoms with van der Waals surface area (Å²) in [6.07, 6.45) is 4.26. The maximum Gasteiger partial charge on any atom is 0.241 e. The van der Waals surface area contributed by atoms with Crippen LogP contribution in [0.4, 0.5) is 0 Å². The van der Waals surface area contributed by atoms with Crippen LogP contribution in [0.15, 0.2) is 6.20 Å². The smallest absolute Gasteiger partial charge is 0.241 e. The van der Waals surface area contributed by atoms with E-state index < -0.39 is 0 Å². The number of aromatic nitrogens is 3. The molecule has 2 rings (SSSR count). The lowest BCUT2D eigenvalue weighted by Gasteiger charge is -2.15. The molecule has 1 aromatic heterocycles. The van der Waals surface area contributed by atoms with Crippen LogP contribution in [-0.4, -0.2) is 52.0 Å². The molecule has 18 heavy (non-hydrogen) atoms. The van der Waals surface area contributed by atoms with Crippen LogP contribution in [0.2, 0.25) is 0 Å². The highest BCUT2D eigenvalue weighted by molar-refractivity contribution is 5.75. The summed E-state index contributed by atoms with van der Waals surface area (Å²) in [5.74, 6) is -0.0485. The zero-order chi connectivity index (χ0) is 13.0. The quantitative estimate of drug-likeness (QED) is 0.646. The van der Waals surface area contributed by atoms with E-state index in [2.05, 4.69) is 27.6 Å². The first-order valence-corrected chi connectivity index (χ1v) is 6.25. The Hall–Kier alpha value is -1.47. The van der Waals surface area contributed by atoms with Crippen molar-refractivity contribution in [2.75, 3.05) is 20.1 Å². The number of carbonyl (C=O) groups is 1. The minimum absolute atomic E-state index is 0.0485. The van der Waals surface area contributed by atoms with Crippen molar-refractivity contribution >= 4 is 5.91 Å². The van der Waals surface area contributed by atoms with Crippen LogP contribution in [0.3, 0.4) is 0 Å². The summed E-state index contributed by atoms with van der Waals surface area (Å²) < 4.78 is 1.50. The van der Waals surface area contributed by atoms with Crippen molar-refractivity contribution in [3.05, 3.63) is 11.9 Å². The van der Waals surface area contributed by atoms with Gasteiger partial charge in [0.25, 0.3) is 0 Å². The predicted molar refractivity (Wildman–Crippen MR) is 66.6 cm³/mol. The number of hydrogen-bond donors (Lipinski definition) is 2. The van der Waals surface area contributed by atoms with Gasteiger partial charge in [-0.25, -0.2) is 4.68 Å². The number of amides is 1. The number of rotatable bonds is 7. The topological polar surface area (TPSA) is 89.1 Å². The van der Waals surface area contributed by atoms with Crippen LogP contribution in [0, 0.1) is 0 Å². The molecule has 100 valence electrons. The van der Waals surface area contributed by atoms with Crippen LogP contribution in [0.25, 0.3) is 0 Å². The maximum absolute atomic E-state index is 11.6. The minimum atomic E-state index is -0.0485. The van der Waals surface area contributed by atoms with Gasteiger partial charge in [-0.3, -0.25) is 4.79 Å². The Morgan fingerprint density at radius 1 is 1.67 bits per heavy atom. The maximum atomic E-state index is 11.6. The zero-order valence-electron chi connectivity index (χ0n) is 10.7. The molecule has 1 amide bonds. The van der Waals surface area contributed by atoms with Gasteiger partial charge in [0.1, 0.15) is 6.54 Å². The van der Waals surface area contributed by atoms with Gasteiger partial charge in [-0.2, -0.15) is 0 Å². The normalized spacial score (nSPS) is 15.1. The fourth-order valence-electron chi connectivity index (χ4n) is 1.78. The Balaban J connectivity index is 1.65. The molecule has 0 radical (unpaired) electrons. The van der Waals surface area contributed by atoms with Crippen LogP contribution in [0.5, 0.6) is 0 Å². The van der Waals surface area contributed by atoms with Gasteiger partial charge in [0.15, 0.2) is 0 Å². The third kappa shape index (κ3) is 3.78. The van der Waals surface area contributed by atoms with E-state index >= 15 is 0 Å². The van der Waals surface area contributed by atoms with E-state index in [0.717, 1.165) is 12.6 Å². The number of nitrogens with two attached hydrogens (primary N) is 1. The molecular formula is C11H20N6O. The van der Waals surface area contributed by atoms with Crippen molar-refractivity contribution in [2.45, 2.75) is 32.0 Å². The van der Waals surface area contributed by atoms with Gasteiger partial charge in [-0.15, -0.1) is 5.10 Å². The first kappa shape index (κ1) is 13.0. The van der Waals surface area contributed by atoms with Gasteiger partial charge in [0.2, 0.25) is 5.91 Å². The van der Waals surface area contributed by atoms with E-state index in [1.807, 2.05) is 0 Å². The highest BCUT2D eigenvalue weighted by atomic mass is 16.2. The molecule has 3 N–H and O–H groups in total. The Kier molecular flexibility index (Phi) is 4.27. The van der Waals surface area contributed by atoms with Gasteiger partial charge in [0.05, 0.1) is 11.9 Å². The van der Waals surface area contributed by atoms with Crippen LogP contribution in [-0.2, 0) is 17.9 Å². The number of carbonyl (C=O) groups excluding carboxylic acids is 1. The lowest BCUT2D eigenvalue weighted by Crippen LogP contribution is -2.35. The van der Waals surface area contributed by atoms with Crippen molar-refractivity contribution in [3.63, 3.8) is 0 Å². The Bertz CT molecular complexity index is 400. The number of nitrogens with one attached hydrogen (secondary N) is 1. The lowest BCUT2D eigenvalue weighted by atomic mass is 10.4. The Labute approximate surface area is 106 Å². The summed E-state index contributed by atoms with van der Waals surface area (Å²) in [6.45, 7) is 2.10. The van der Waals surface area contributed by atoms with Crippen LogP contribution >= 0.6 is 0 Å². The monoisotopic (exact) mass is 252 g/mol. The molecule has 0 aliphatic heterocycles. The summed E-state index contributed by atoms with van der Waals surface area (Å²) in [4.78, 5) is 13.9. The average molecular weight is 252 g/mol. The summed E-state index contributed by atoms with van der Waals surface area (Å²) in [6, 6.07) is 0.726.